The predicted octanol–water partition coefficient (Wildman–Crippen LogP) is 2.35. The molecular weight excluding hydrogens is 219 g/mol. The van der Waals surface area contributed by atoms with Gasteiger partial charge in [-0.2, -0.15) is 0 Å². The molecule has 0 unspecified atom stereocenters. The van der Waals surface area contributed by atoms with Crippen molar-refractivity contribution >= 4 is 13.2 Å². The molecule has 0 bridgehead atoms. The van der Waals surface area contributed by atoms with E-state index in [-0.39, 0.29) is 5.56 Å². The Kier molecular flexibility index (Phi) is 7.00. The lowest BCUT2D eigenvalue weighted by atomic mass is 10.2. The van der Waals surface area contributed by atoms with Gasteiger partial charge in [0, 0.05) is 27.3 Å². The normalized spacial score (nSPS) is 10.2. The van der Waals surface area contributed by atoms with Crippen molar-refractivity contribution in [3.63, 3.8) is 0 Å². The number of carbonyl (C=O) groups is 1. The molecular formula is C13H21O2P. The minimum Gasteiger partial charge on any atom is -0.545 e. The molecule has 3 heteroatoms. The number of carboxylic acid groups (broad SMARTS) is 1. The number of benzene rings is 1. The van der Waals surface area contributed by atoms with Crippen LogP contribution in [0.25, 0.3) is 0 Å². The zero-order valence-electron chi connectivity index (χ0n) is 10.6. The summed E-state index contributed by atoms with van der Waals surface area (Å²) in [6.07, 6.45) is 2.81. The number of hydrogen-bond donors (Lipinski definition) is 0. The molecule has 2 nitrogen and oxygen atoms in total. The number of hydrogen-bond acceptors (Lipinski definition) is 2. The van der Waals surface area contributed by atoms with Crippen LogP contribution in [-0.2, 0) is 0 Å². The van der Waals surface area contributed by atoms with Gasteiger partial charge < -0.3 is 9.90 Å². The molecule has 0 N–H and O–H groups in total. The molecule has 0 atom stereocenters. The lowest BCUT2D eigenvalue weighted by Gasteiger charge is -2.08. The van der Waals surface area contributed by atoms with Crippen LogP contribution >= 0.6 is 7.26 Å². The van der Waals surface area contributed by atoms with E-state index in [1.807, 2.05) is 0 Å². The Hall–Kier alpha value is -0.880. The van der Waals surface area contributed by atoms with Crippen molar-refractivity contribution in [2.45, 2.75) is 13.3 Å². The van der Waals surface area contributed by atoms with E-state index in [2.05, 4.69) is 26.9 Å². The van der Waals surface area contributed by atoms with Gasteiger partial charge in [-0.1, -0.05) is 37.3 Å². The van der Waals surface area contributed by atoms with Crippen LogP contribution in [0.1, 0.15) is 23.7 Å². The monoisotopic (exact) mass is 240 g/mol. The Balaban J connectivity index is 0.000000293. The number of aromatic carboxylic acids is 1. The molecule has 0 saturated carbocycles. The maximum absolute atomic E-state index is 10.1. The fourth-order valence-electron chi connectivity index (χ4n) is 1.25. The van der Waals surface area contributed by atoms with Crippen LogP contribution in [0.5, 0.6) is 0 Å². The Bertz CT molecular complexity index is 301. The van der Waals surface area contributed by atoms with Gasteiger partial charge in [-0.3, -0.25) is 0 Å². The molecule has 16 heavy (non-hydrogen) atoms. The molecule has 0 aromatic heterocycles. The minimum atomic E-state index is -1.13. The van der Waals surface area contributed by atoms with E-state index in [9.17, 15) is 9.90 Å². The molecule has 0 aliphatic heterocycles. The standard InChI is InChI=1S/C7H6O2.C6H16P/c8-7(9)6-4-2-1-3-5-6;1-5-6-7(2,3)4/h1-5H,(H,8,9);5-6H2,1-4H3/q;+1/p-1. The molecule has 0 aliphatic rings. The van der Waals surface area contributed by atoms with Gasteiger partial charge in [0.25, 0.3) is 0 Å². The van der Waals surface area contributed by atoms with Gasteiger partial charge in [0.2, 0.25) is 0 Å². The molecule has 0 radical (unpaired) electrons. The van der Waals surface area contributed by atoms with Crippen LogP contribution in [0.15, 0.2) is 30.3 Å². The SMILES string of the molecule is CCC[P+](C)(C)C.O=C([O-])c1ccccc1. The van der Waals surface area contributed by atoms with Crippen LogP contribution in [0.4, 0.5) is 0 Å². The first-order valence-electron chi connectivity index (χ1n) is 5.43. The van der Waals surface area contributed by atoms with Crippen molar-refractivity contribution in [3.05, 3.63) is 35.9 Å². The maximum atomic E-state index is 10.1. The second-order valence-electron chi connectivity index (χ2n) is 4.67. The molecule has 0 aliphatic carbocycles. The van der Waals surface area contributed by atoms with Crippen LogP contribution in [0.2, 0.25) is 0 Å². The van der Waals surface area contributed by atoms with Crippen molar-refractivity contribution in [1.29, 1.82) is 0 Å². The summed E-state index contributed by atoms with van der Waals surface area (Å²) in [5, 5.41) is 10.1. The fraction of sp³-hybridized carbons (Fsp3) is 0.462. The van der Waals surface area contributed by atoms with Crippen molar-refractivity contribution in [2.24, 2.45) is 0 Å². The quantitative estimate of drug-likeness (QED) is 0.761. The number of rotatable bonds is 3. The molecule has 1 aromatic carbocycles. The zero-order chi connectivity index (χ0) is 12.6. The van der Waals surface area contributed by atoms with Gasteiger partial charge in [-0.15, -0.1) is 0 Å². The van der Waals surface area contributed by atoms with Crippen LogP contribution in [0, 0.1) is 0 Å². The highest BCUT2D eigenvalue weighted by molar-refractivity contribution is 7.73. The van der Waals surface area contributed by atoms with E-state index in [4.69, 9.17) is 0 Å². The van der Waals surface area contributed by atoms with Crippen molar-refractivity contribution in [3.8, 4) is 0 Å². The molecule has 0 amide bonds. The summed E-state index contributed by atoms with van der Waals surface area (Å²) in [5.74, 6) is -1.13. The Morgan fingerprint density at radius 1 is 1.19 bits per heavy atom. The van der Waals surface area contributed by atoms with E-state index in [0.717, 1.165) is 0 Å². The lowest BCUT2D eigenvalue weighted by molar-refractivity contribution is -0.255. The highest BCUT2D eigenvalue weighted by atomic mass is 31.2. The highest BCUT2D eigenvalue weighted by Gasteiger charge is 2.13. The molecule has 0 spiro atoms. The van der Waals surface area contributed by atoms with Gasteiger partial charge in [-0.05, 0) is 12.0 Å². The van der Waals surface area contributed by atoms with E-state index in [1.54, 1.807) is 18.2 Å². The summed E-state index contributed by atoms with van der Waals surface area (Å²) in [6.45, 7) is 9.41. The second kappa shape index (κ2) is 7.40. The van der Waals surface area contributed by atoms with Crippen LogP contribution in [-0.4, -0.2) is 32.1 Å². The topological polar surface area (TPSA) is 40.1 Å². The third kappa shape index (κ3) is 8.43. The summed E-state index contributed by atoms with van der Waals surface area (Å²) < 4.78 is 0. The first-order chi connectivity index (χ1) is 7.37. The Morgan fingerprint density at radius 2 is 1.69 bits per heavy atom. The summed E-state index contributed by atoms with van der Waals surface area (Å²) in [4.78, 5) is 10.1. The van der Waals surface area contributed by atoms with Crippen LogP contribution < -0.4 is 5.11 Å². The lowest BCUT2D eigenvalue weighted by Crippen LogP contribution is -2.21. The van der Waals surface area contributed by atoms with E-state index in [1.165, 1.54) is 24.7 Å². The summed E-state index contributed by atoms with van der Waals surface area (Å²) in [6, 6.07) is 8.06. The third-order valence-electron chi connectivity index (χ3n) is 1.90. The molecule has 90 valence electrons. The van der Waals surface area contributed by atoms with Gasteiger partial charge >= 0.3 is 0 Å². The van der Waals surface area contributed by atoms with E-state index >= 15 is 0 Å². The molecule has 0 fully saturated rings. The highest BCUT2D eigenvalue weighted by Crippen LogP contribution is 2.46. The van der Waals surface area contributed by atoms with Gasteiger partial charge in [-0.25, -0.2) is 0 Å². The van der Waals surface area contributed by atoms with E-state index < -0.39 is 13.2 Å². The van der Waals surface area contributed by atoms with Crippen molar-refractivity contribution < 1.29 is 9.90 Å². The van der Waals surface area contributed by atoms with E-state index in [0.29, 0.717) is 0 Å². The Morgan fingerprint density at radius 3 is 1.88 bits per heavy atom. The molecule has 1 aromatic rings. The van der Waals surface area contributed by atoms with Crippen molar-refractivity contribution in [1.82, 2.24) is 0 Å². The fourth-order valence-corrected chi connectivity index (χ4v) is 2.59. The van der Waals surface area contributed by atoms with Crippen LogP contribution in [0.3, 0.4) is 0 Å². The molecule has 0 heterocycles. The largest absolute Gasteiger partial charge is 0.545 e. The number of carbonyl (C=O) groups excluding carboxylic acids is 1. The first kappa shape index (κ1) is 15.1. The summed E-state index contributed by atoms with van der Waals surface area (Å²) >= 11 is 0. The molecule has 1 rings (SSSR count). The summed E-state index contributed by atoms with van der Waals surface area (Å²) in [7, 11) is -0.416. The third-order valence-corrected chi connectivity index (χ3v) is 3.69. The average Bonchev–Trinajstić information content (AvgIpc) is 2.18. The Labute approximate surface area is 99.0 Å². The van der Waals surface area contributed by atoms with Gasteiger partial charge in [0.1, 0.15) is 0 Å². The smallest absolute Gasteiger partial charge is 0.0715 e. The summed E-state index contributed by atoms with van der Waals surface area (Å²) in [5.41, 5.74) is 0.220. The second-order valence-corrected chi connectivity index (χ2v) is 9.70. The first-order valence-corrected chi connectivity index (χ1v) is 8.75. The number of carboxylic acids is 1. The molecule has 0 saturated heterocycles. The zero-order valence-corrected chi connectivity index (χ0v) is 11.5. The average molecular weight is 240 g/mol. The van der Waals surface area contributed by atoms with Gasteiger partial charge in [0.15, 0.2) is 0 Å². The maximum Gasteiger partial charge on any atom is 0.0715 e. The predicted molar refractivity (Wildman–Crippen MR) is 70.6 cm³/mol. The van der Waals surface area contributed by atoms with Crippen molar-refractivity contribution in [2.75, 3.05) is 26.2 Å². The van der Waals surface area contributed by atoms with Gasteiger partial charge in [0.05, 0.1) is 12.1 Å². The minimum absolute atomic E-state index is 0.220.